The second-order valence-corrected chi connectivity index (χ2v) is 7.33. The van der Waals surface area contributed by atoms with E-state index in [0.29, 0.717) is 19.1 Å². The average Bonchev–Trinajstić information content (AvgIpc) is 3.02. The molecule has 5 heteroatoms. The van der Waals surface area contributed by atoms with E-state index in [2.05, 4.69) is 60.3 Å². The van der Waals surface area contributed by atoms with Crippen molar-refractivity contribution in [2.75, 3.05) is 19.6 Å². The second kappa shape index (κ2) is 7.40. The molecule has 1 fully saturated rings. The first-order valence-electron chi connectivity index (χ1n) is 9.01. The molecule has 0 radical (unpaired) electrons. The summed E-state index contributed by atoms with van der Waals surface area (Å²) in [6.45, 7) is 12.2. The van der Waals surface area contributed by atoms with Crippen molar-refractivity contribution in [3.05, 3.63) is 53.1 Å². The summed E-state index contributed by atoms with van der Waals surface area (Å²) in [5.74, 6) is 0.208. The van der Waals surface area contributed by atoms with Crippen LogP contribution >= 0.6 is 0 Å². The molecule has 2 heterocycles. The summed E-state index contributed by atoms with van der Waals surface area (Å²) < 4.78 is 2.17. The largest absolute Gasteiger partial charge is 0.336 e. The fourth-order valence-corrected chi connectivity index (χ4v) is 3.33. The Labute approximate surface area is 150 Å². The van der Waals surface area contributed by atoms with E-state index in [9.17, 15) is 4.79 Å². The normalized spacial score (nSPS) is 16.0. The van der Waals surface area contributed by atoms with Crippen LogP contribution in [0.2, 0.25) is 0 Å². The van der Waals surface area contributed by atoms with Crippen LogP contribution in [0, 0.1) is 13.8 Å². The zero-order valence-corrected chi connectivity index (χ0v) is 15.7. The Hall–Kier alpha value is -2.14. The van der Waals surface area contributed by atoms with Crippen molar-refractivity contribution in [3.8, 4) is 0 Å². The summed E-state index contributed by atoms with van der Waals surface area (Å²) in [6, 6.07) is 6.84. The van der Waals surface area contributed by atoms with Gasteiger partial charge in [0, 0.05) is 38.4 Å². The fourth-order valence-electron chi connectivity index (χ4n) is 3.33. The Morgan fingerprint density at radius 1 is 1.12 bits per heavy atom. The molecule has 1 amide bonds. The third-order valence-electron chi connectivity index (χ3n) is 5.03. The second-order valence-electron chi connectivity index (χ2n) is 7.33. The fraction of sp³-hybridized carbons (Fsp3) is 0.500. The van der Waals surface area contributed by atoms with Crippen LogP contribution in [0.25, 0.3) is 0 Å². The third kappa shape index (κ3) is 4.10. The van der Waals surface area contributed by atoms with Crippen LogP contribution in [0.15, 0.2) is 30.7 Å². The summed E-state index contributed by atoms with van der Waals surface area (Å²) in [5, 5.41) is 0. The quantitative estimate of drug-likeness (QED) is 0.840. The summed E-state index contributed by atoms with van der Waals surface area (Å²) in [5.41, 5.74) is 4.96. The Bertz CT molecular complexity index is 750. The van der Waals surface area contributed by atoms with E-state index in [1.165, 1.54) is 22.4 Å². The molecule has 0 spiro atoms. The van der Waals surface area contributed by atoms with Gasteiger partial charge in [-0.15, -0.1) is 0 Å². The van der Waals surface area contributed by atoms with Gasteiger partial charge < -0.3 is 9.47 Å². The molecule has 1 aromatic heterocycles. The number of rotatable bonds is 5. The van der Waals surface area contributed by atoms with Gasteiger partial charge in [-0.05, 0) is 44.4 Å². The van der Waals surface area contributed by atoms with E-state index in [4.69, 9.17) is 0 Å². The van der Waals surface area contributed by atoms with Crippen molar-refractivity contribution >= 4 is 5.91 Å². The molecule has 1 aliphatic heterocycles. The summed E-state index contributed by atoms with van der Waals surface area (Å²) in [4.78, 5) is 21.0. The standard InChI is InChI=1S/C20H28N4O/c1-15(2)24-14-21-10-19(24)12-22-7-8-23(20(25)13-22)11-18-6-5-16(3)17(4)9-18/h5-6,9-10,14-15H,7-8,11-13H2,1-4H3. The maximum absolute atomic E-state index is 12.6. The molecular weight excluding hydrogens is 312 g/mol. The molecule has 3 rings (SSSR count). The van der Waals surface area contributed by atoms with E-state index in [0.717, 1.165) is 19.6 Å². The monoisotopic (exact) mass is 340 g/mol. The topological polar surface area (TPSA) is 41.4 Å². The smallest absolute Gasteiger partial charge is 0.237 e. The van der Waals surface area contributed by atoms with Crippen molar-refractivity contribution in [3.63, 3.8) is 0 Å². The molecule has 1 saturated heterocycles. The number of benzene rings is 1. The predicted octanol–water partition coefficient (Wildman–Crippen LogP) is 2.93. The van der Waals surface area contributed by atoms with Gasteiger partial charge in [0.15, 0.2) is 0 Å². The minimum Gasteiger partial charge on any atom is -0.336 e. The molecule has 0 atom stereocenters. The van der Waals surface area contributed by atoms with E-state index in [1.807, 2.05) is 17.4 Å². The Morgan fingerprint density at radius 3 is 2.60 bits per heavy atom. The zero-order chi connectivity index (χ0) is 18.0. The highest BCUT2D eigenvalue weighted by molar-refractivity contribution is 5.79. The van der Waals surface area contributed by atoms with E-state index < -0.39 is 0 Å². The van der Waals surface area contributed by atoms with Crippen LogP contribution in [0.4, 0.5) is 0 Å². The highest BCUT2D eigenvalue weighted by Crippen LogP contribution is 2.16. The lowest BCUT2D eigenvalue weighted by molar-refractivity contribution is -0.136. The lowest BCUT2D eigenvalue weighted by atomic mass is 10.1. The lowest BCUT2D eigenvalue weighted by Crippen LogP contribution is -2.49. The van der Waals surface area contributed by atoms with Crippen LogP contribution in [-0.4, -0.2) is 44.9 Å². The van der Waals surface area contributed by atoms with Gasteiger partial charge in [0.25, 0.3) is 0 Å². The van der Waals surface area contributed by atoms with E-state index in [1.54, 1.807) is 0 Å². The van der Waals surface area contributed by atoms with Crippen LogP contribution < -0.4 is 0 Å². The van der Waals surface area contributed by atoms with Crippen LogP contribution in [-0.2, 0) is 17.9 Å². The number of hydrogen-bond acceptors (Lipinski definition) is 3. The summed E-state index contributed by atoms with van der Waals surface area (Å²) in [6.07, 6.45) is 3.78. The van der Waals surface area contributed by atoms with Gasteiger partial charge in [0.05, 0.1) is 18.6 Å². The minimum absolute atomic E-state index is 0.208. The predicted molar refractivity (Wildman–Crippen MR) is 99.2 cm³/mol. The molecule has 25 heavy (non-hydrogen) atoms. The molecule has 0 N–H and O–H groups in total. The molecule has 1 aromatic carbocycles. The van der Waals surface area contributed by atoms with Gasteiger partial charge >= 0.3 is 0 Å². The molecule has 134 valence electrons. The van der Waals surface area contributed by atoms with Gasteiger partial charge in [0.2, 0.25) is 5.91 Å². The van der Waals surface area contributed by atoms with Crippen LogP contribution in [0.1, 0.15) is 42.3 Å². The maximum atomic E-state index is 12.6. The molecule has 0 bridgehead atoms. The van der Waals surface area contributed by atoms with Gasteiger partial charge in [-0.1, -0.05) is 18.2 Å². The molecular formula is C20H28N4O. The van der Waals surface area contributed by atoms with Crippen molar-refractivity contribution in [2.45, 2.75) is 46.8 Å². The van der Waals surface area contributed by atoms with E-state index in [-0.39, 0.29) is 5.91 Å². The zero-order valence-electron chi connectivity index (χ0n) is 15.7. The Balaban J connectivity index is 1.59. The van der Waals surface area contributed by atoms with Gasteiger partial charge in [-0.2, -0.15) is 0 Å². The number of piperazine rings is 1. The van der Waals surface area contributed by atoms with Crippen molar-refractivity contribution in [1.82, 2.24) is 19.4 Å². The van der Waals surface area contributed by atoms with Crippen molar-refractivity contribution < 1.29 is 4.79 Å². The van der Waals surface area contributed by atoms with Crippen LogP contribution in [0.3, 0.4) is 0 Å². The number of aromatic nitrogens is 2. The number of nitrogens with zero attached hydrogens (tertiary/aromatic N) is 4. The number of amides is 1. The lowest BCUT2D eigenvalue weighted by Gasteiger charge is -2.34. The Kier molecular flexibility index (Phi) is 5.23. The van der Waals surface area contributed by atoms with Gasteiger partial charge in [-0.3, -0.25) is 9.69 Å². The molecule has 2 aromatic rings. The first kappa shape index (κ1) is 17.7. The van der Waals surface area contributed by atoms with Gasteiger partial charge in [-0.25, -0.2) is 4.98 Å². The summed E-state index contributed by atoms with van der Waals surface area (Å²) >= 11 is 0. The molecule has 1 aliphatic rings. The first-order valence-corrected chi connectivity index (χ1v) is 9.01. The maximum Gasteiger partial charge on any atom is 0.237 e. The third-order valence-corrected chi connectivity index (χ3v) is 5.03. The Morgan fingerprint density at radius 2 is 1.92 bits per heavy atom. The van der Waals surface area contributed by atoms with Gasteiger partial charge in [0.1, 0.15) is 0 Å². The number of imidazole rings is 1. The molecule has 5 nitrogen and oxygen atoms in total. The minimum atomic E-state index is 0.208. The van der Waals surface area contributed by atoms with Crippen molar-refractivity contribution in [1.29, 1.82) is 0 Å². The van der Waals surface area contributed by atoms with Crippen LogP contribution in [0.5, 0.6) is 0 Å². The molecule has 0 unspecified atom stereocenters. The summed E-state index contributed by atoms with van der Waals surface area (Å²) in [7, 11) is 0. The number of carbonyl (C=O) groups excluding carboxylic acids is 1. The SMILES string of the molecule is Cc1ccc(CN2CCN(Cc3cncn3C(C)C)CC2=O)cc1C. The molecule has 0 saturated carbocycles. The number of aryl methyl sites for hydroxylation is 2. The molecule has 0 aliphatic carbocycles. The van der Waals surface area contributed by atoms with Crippen molar-refractivity contribution in [2.24, 2.45) is 0 Å². The first-order chi connectivity index (χ1) is 11.9. The van der Waals surface area contributed by atoms with E-state index >= 15 is 0 Å². The highest BCUT2D eigenvalue weighted by atomic mass is 16.2. The number of carbonyl (C=O) groups is 1. The average molecular weight is 340 g/mol. The number of hydrogen-bond donors (Lipinski definition) is 0. The highest BCUT2D eigenvalue weighted by Gasteiger charge is 2.24.